The van der Waals surface area contributed by atoms with Crippen molar-refractivity contribution >= 4 is 17.9 Å². The van der Waals surface area contributed by atoms with E-state index < -0.39 is 18.1 Å². The summed E-state index contributed by atoms with van der Waals surface area (Å²) in [5, 5.41) is 9.64. The van der Waals surface area contributed by atoms with E-state index in [1.165, 1.54) is 12.8 Å². The Morgan fingerprint density at radius 3 is 1.29 bits per heavy atom. The van der Waals surface area contributed by atoms with Gasteiger partial charge in [0.05, 0.1) is 34.4 Å². The average Bonchev–Trinajstić information content (AvgIpc) is 3.24. The minimum absolute atomic E-state index is 0.0247. The van der Waals surface area contributed by atoms with E-state index in [4.69, 9.17) is 14.2 Å². The summed E-state index contributed by atoms with van der Waals surface area (Å²) >= 11 is 0. The molecule has 0 aliphatic carbocycles. The summed E-state index contributed by atoms with van der Waals surface area (Å²) in [6.45, 7) is 4.41. The number of aliphatic carboxylic acids is 1. The van der Waals surface area contributed by atoms with Gasteiger partial charge in [0, 0.05) is 19.3 Å². The maximum atomic E-state index is 12.8. The third kappa shape index (κ3) is 42.8. The normalized spacial score (nSPS) is 14.0. The number of likely N-dealkylation sites (N-methyl/N-ethyl adjacent to an activating group) is 1. The van der Waals surface area contributed by atoms with Crippen molar-refractivity contribution in [2.75, 3.05) is 41.0 Å². The standard InChI is InChI=1S/C55H87NO7/c1-6-8-10-12-14-16-18-20-22-24-25-26-27-28-29-30-32-34-36-38-40-42-44-46-54(58)63-51(49-61-48-47-52(55(59)60)56(3,4)5)50-62-53(57)45-43-41-39-37-35-33-31-23-21-19-17-15-13-11-9-7-2/h8-11,14-17,20-23,25-26,28-29,32,34,38,40,51-52H,6-7,12-13,18-19,24,27,30-31,33,35-37,39,41-50H2,1-5H3/p+1/b10-8+,11-9+,16-14+,17-15+,22-20+,23-21+,26-25+,29-28+,34-32+,40-38+. The van der Waals surface area contributed by atoms with Crippen LogP contribution in [0.3, 0.4) is 0 Å². The van der Waals surface area contributed by atoms with Crippen LogP contribution in [0.15, 0.2) is 122 Å². The molecular weight excluding hydrogens is 787 g/mol. The molecule has 0 rings (SSSR count). The first-order valence-corrected chi connectivity index (χ1v) is 24.1. The summed E-state index contributed by atoms with van der Waals surface area (Å²) < 4.78 is 17.2. The Morgan fingerprint density at radius 1 is 0.476 bits per heavy atom. The lowest BCUT2D eigenvalue weighted by Crippen LogP contribution is -2.50. The second-order valence-electron chi connectivity index (χ2n) is 16.6. The second-order valence-corrected chi connectivity index (χ2v) is 16.6. The number of carbonyl (C=O) groups is 3. The molecule has 0 aliphatic heterocycles. The van der Waals surface area contributed by atoms with Gasteiger partial charge in [0.2, 0.25) is 0 Å². The molecule has 1 N–H and O–H groups in total. The summed E-state index contributed by atoms with van der Waals surface area (Å²) in [5.41, 5.74) is 0. The van der Waals surface area contributed by atoms with Crippen LogP contribution in [-0.2, 0) is 28.6 Å². The summed E-state index contributed by atoms with van der Waals surface area (Å²) in [5.74, 6) is -1.58. The highest BCUT2D eigenvalue weighted by molar-refractivity contribution is 5.72. The van der Waals surface area contributed by atoms with Crippen molar-refractivity contribution in [3.05, 3.63) is 122 Å². The number of carbonyl (C=O) groups excluding carboxylic acids is 2. The highest BCUT2D eigenvalue weighted by atomic mass is 16.6. The molecule has 63 heavy (non-hydrogen) atoms. The number of carboxylic acids is 1. The van der Waals surface area contributed by atoms with Gasteiger partial charge in [-0.05, 0) is 96.3 Å². The minimum Gasteiger partial charge on any atom is -0.477 e. The fourth-order valence-electron chi connectivity index (χ4n) is 6.21. The molecule has 0 amide bonds. The molecule has 0 aromatic rings. The van der Waals surface area contributed by atoms with E-state index in [2.05, 4.69) is 135 Å². The van der Waals surface area contributed by atoms with Gasteiger partial charge in [-0.3, -0.25) is 9.59 Å². The van der Waals surface area contributed by atoms with Crippen LogP contribution in [0.5, 0.6) is 0 Å². The van der Waals surface area contributed by atoms with Crippen LogP contribution in [0.4, 0.5) is 0 Å². The van der Waals surface area contributed by atoms with E-state index in [1.54, 1.807) is 0 Å². The van der Waals surface area contributed by atoms with E-state index in [-0.39, 0.29) is 42.7 Å². The fraction of sp³-hybridized carbons (Fsp3) is 0.582. The highest BCUT2D eigenvalue weighted by Gasteiger charge is 2.31. The van der Waals surface area contributed by atoms with E-state index in [0.29, 0.717) is 19.3 Å². The number of nitrogens with zero attached hydrogens (tertiary/aromatic N) is 1. The van der Waals surface area contributed by atoms with Gasteiger partial charge in [0.25, 0.3) is 0 Å². The van der Waals surface area contributed by atoms with Gasteiger partial charge in [0.1, 0.15) is 6.61 Å². The molecule has 0 aromatic carbocycles. The van der Waals surface area contributed by atoms with Gasteiger partial charge in [-0.25, -0.2) is 4.79 Å². The SMILES string of the molecule is CC/C=C/C/C=C/C/C=C/C/C=C/C/C=C/C/C=C/C/C=C/CCCC(=O)OC(COCCC(C(=O)O)[N+](C)(C)C)COC(=O)CCCCCCCC/C=C/C/C=C/C/C=C/CC. The van der Waals surface area contributed by atoms with E-state index >= 15 is 0 Å². The largest absolute Gasteiger partial charge is 0.477 e. The Kier molecular flexibility index (Phi) is 41.3. The van der Waals surface area contributed by atoms with Gasteiger partial charge < -0.3 is 23.8 Å². The van der Waals surface area contributed by atoms with E-state index in [0.717, 1.165) is 103 Å². The number of hydrogen-bond acceptors (Lipinski definition) is 6. The van der Waals surface area contributed by atoms with Crippen molar-refractivity contribution in [2.45, 2.75) is 167 Å². The molecular formula is C55H88NO7+. The molecule has 0 saturated heterocycles. The molecule has 0 radical (unpaired) electrons. The van der Waals surface area contributed by atoms with Crippen molar-refractivity contribution in [3.8, 4) is 0 Å². The zero-order chi connectivity index (χ0) is 46.3. The Hall–Kier alpha value is -4.27. The Morgan fingerprint density at radius 2 is 0.857 bits per heavy atom. The molecule has 0 saturated carbocycles. The van der Waals surface area contributed by atoms with Crippen molar-refractivity contribution in [3.63, 3.8) is 0 Å². The van der Waals surface area contributed by atoms with Crippen molar-refractivity contribution < 1.29 is 38.2 Å². The smallest absolute Gasteiger partial charge is 0.362 e. The van der Waals surface area contributed by atoms with Crippen molar-refractivity contribution in [1.29, 1.82) is 0 Å². The maximum absolute atomic E-state index is 12.8. The Balaban J connectivity index is 4.45. The summed E-state index contributed by atoms with van der Waals surface area (Å²) in [4.78, 5) is 37.1. The van der Waals surface area contributed by atoms with E-state index in [1.807, 2.05) is 21.1 Å². The van der Waals surface area contributed by atoms with Crippen molar-refractivity contribution in [1.82, 2.24) is 0 Å². The lowest BCUT2D eigenvalue weighted by molar-refractivity contribution is -0.887. The molecule has 2 atom stereocenters. The second kappa shape index (κ2) is 44.3. The quantitative estimate of drug-likeness (QED) is 0.0283. The van der Waals surface area contributed by atoms with E-state index in [9.17, 15) is 19.5 Å². The molecule has 0 aromatic heterocycles. The van der Waals surface area contributed by atoms with Crippen LogP contribution in [0.2, 0.25) is 0 Å². The van der Waals surface area contributed by atoms with Gasteiger partial charge in [-0.2, -0.15) is 0 Å². The lowest BCUT2D eigenvalue weighted by atomic mass is 10.1. The topological polar surface area (TPSA) is 99.1 Å². The number of carboxylic acid groups (broad SMARTS) is 1. The molecule has 0 heterocycles. The lowest BCUT2D eigenvalue weighted by Gasteiger charge is -2.31. The van der Waals surface area contributed by atoms with Crippen LogP contribution in [0.1, 0.15) is 155 Å². The van der Waals surface area contributed by atoms with Crippen LogP contribution in [-0.4, -0.2) is 80.6 Å². The highest BCUT2D eigenvalue weighted by Crippen LogP contribution is 2.12. The summed E-state index contributed by atoms with van der Waals surface area (Å²) in [7, 11) is 5.49. The number of allylic oxidation sites excluding steroid dienone is 20. The Labute approximate surface area is 384 Å². The third-order valence-electron chi connectivity index (χ3n) is 9.86. The molecule has 0 spiro atoms. The number of rotatable bonds is 41. The minimum atomic E-state index is -0.892. The first-order valence-electron chi connectivity index (χ1n) is 24.1. The number of unbranched alkanes of at least 4 members (excludes halogenated alkanes) is 7. The molecule has 8 nitrogen and oxygen atoms in total. The molecule has 0 aliphatic rings. The van der Waals surface area contributed by atoms with Crippen LogP contribution >= 0.6 is 0 Å². The first kappa shape index (κ1) is 58.7. The number of ether oxygens (including phenoxy) is 3. The van der Waals surface area contributed by atoms with Crippen LogP contribution in [0, 0.1) is 0 Å². The van der Waals surface area contributed by atoms with Gasteiger partial charge in [-0.1, -0.05) is 161 Å². The fourth-order valence-corrected chi connectivity index (χ4v) is 6.21. The molecule has 354 valence electrons. The van der Waals surface area contributed by atoms with Crippen LogP contribution < -0.4 is 0 Å². The zero-order valence-electron chi connectivity index (χ0n) is 40.2. The zero-order valence-corrected chi connectivity index (χ0v) is 40.2. The number of quaternary nitrogens is 1. The van der Waals surface area contributed by atoms with Gasteiger partial charge in [-0.15, -0.1) is 0 Å². The maximum Gasteiger partial charge on any atom is 0.362 e. The monoisotopic (exact) mass is 875 g/mol. The average molecular weight is 875 g/mol. The van der Waals surface area contributed by atoms with Gasteiger partial charge >= 0.3 is 17.9 Å². The van der Waals surface area contributed by atoms with Crippen molar-refractivity contribution in [2.24, 2.45) is 0 Å². The molecule has 2 unspecified atom stereocenters. The number of esters is 2. The predicted molar refractivity (Wildman–Crippen MR) is 265 cm³/mol. The molecule has 0 fully saturated rings. The third-order valence-corrected chi connectivity index (χ3v) is 9.86. The predicted octanol–water partition coefficient (Wildman–Crippen LogP) is 13.8. The van der Waals surface area contributed by atoms with Gasteiger partial charge in [0.15, 0.2) is 12.1 Å². The molecule has 0 bridgehead atoms. The molecule has 8 heteroatoms. The number of hydrogen-bond donors (Lipinski definition) is 1. The summed E-state index contributed by atoms with van der Waals surface area (Å²) in [6, 6.07) is -0.635. The summed E-state index contributed by atoms with van der Waals surface area (Å²) in [6.07, 6.45) is 62.5. The Bertz CT molecular complexity index is 1440. The first-order chi connectivity index (χ1) is 30.6. The van der Waals surface area contributed by atoms with Crippen LogP contribution in [0.25, 0.3) is 0 Å².